The van der Waals surface area contributed by atoms with E-state index in [1.807, 2.05) is 6.07 Å². The van der Waals surface area contributed by atoms with Crippen LogP contribution >= 0.6 is 39.1 Å². The van der Waals surface area contributed by atoms with Gasteiger partial charge in [0.05, 0.1) is 22.3 Å². The lowest BCUT2D eigenvalue weighted by Crippen LogP contribution is -2.13. The maximum atomic E-state index is 12.7. The first-order chi connectivity index (χ1) is 16.1. The minimum absolute atomic E-state index is 0.0574. The number of ether oxygens (including phenoxy) is 1. The highest BCUT2D eigenvalue weighted by atomic mass is 79.9. The zero-order valence-corrected chi connectivity index (χ0v) is 21.3. The van der Waals surface area contributed by atoms with E-state index in [1.54, 1.807) is 24.3 Å². The third-order valence-corrected chi connectivity index (χ3v) is 6.75. The maximum Gasteiger partial charge on any atom is 0.339 e. The Balaban J connectivity index is 1.92. The van der Waals surface area contributed by atoms with Gasteiger partial charge in [0, 0.05) is 5.02 Å². The number of nitrogens with one attached hydrogen (secondary N) is 1. The Morgan fingerprint density at radius 1 is 1.12 bits per heavy atom. The van der Waals surface area contributed by atoms with Crippen molar-refractivity contribution >= 4 is 66.9 Å². The second-order valence-corrected chi connectivity index (χ2v) is 9.87. The SMILES string of the molecule is COc1cc(/C=C(\C#N)C(=O)Nc2ccccc2Cl)cc(Br)c1OS(=O)(=O)c1ccc(Cl)cc1. The smallest absolute Gasteiger partial charge is 0.339 e. The highest BCUT2D eigenvalue weighted by Gasteiger charge is 2.22. The Morgan fingerprint density at radius 3 is 2.41 bits per heavy atom. The van der Waals surface area contributed by atoms with Crippen molar-refractivity contribution in [3.63, 3.8) is 0 Å². The number of hydrogen-bond acceptors (Lipinski definition) is 6. The molecule has 0 heterocycles. The molecule has 0 unspecified atom stereocenters. The molecule has 174 valence electrons. The van der Waals surface area contributed by atoms with Gasteiger partial charge in [-0.3, -0.25) is 4.79 Å². The average Bonchev–Trinajstić information content (AvgIpc) is 2.80. The Hall–Kier alpha value is -3.03. The van der Waals surface area contributed by atoms with Crippen LogP contribution in [0.5, 0.6) is 11.5 Å². The van der Waals surface area contributed by atoms with Crippen LogP contribution in [0, 0.1) is 11.3 Å². The van der Waals surface area contributed by atoms with Crippen molar-refractivity contribution in [2.24, 2.45) is 0 Å². The standard InChI is InChI=1S/C23H15BrCl2N2O5S/c1-32-21-12-14(10-15(13-27)23(29)28-20-5-3-2-4-19(20)26)11-18(24)22(21)33-34(30,31)17-8-6-16(25)7-9-17/h2-12H,1H3,(H,28,29)/b15-10+. The molecule has 0 radical (unpaired) electrons. The Labute approximate surface area is 214 Å². The van der Waals surface area contributed by atoms with Crippen molar-refractivity contribution in [2.45, 2.75) is 4.90 Å². The zero-order chi connectivity index (χ0) is 24.9. The number of anilines is 1. The number of amides is 1. The first kappa shape index (κ1) is 25.6. The average molecular weight is 582 g/mol. The number of halogens is 3. The fourth-order valence-corrected chi connectivity index (χ4v) is 4.64. The summed E-state index contributed by atoms with van der Waals surface area (Å²) in [6, 6.07) is 16.8. The molecule has 0 spiro atoms. The maximum absolute atomic E-state index is 12.7. The number of nitrogens with zero attached hydrogens (tertiary/aromatic N) is 1. The molecular weight excluding hydrogens is 567 g/mol. The summed E-state index contributed by atoms with van der Waals surface area (Å²) in [6.07, 6.45) is 1.32. The fraction of sp³-hybridized carbons (Fsp3) is 0.0435. The van der Waals surface area contributed by atoms with Gasteiger partial charge in [-0.2, -0.15) is 13.7 Å². The molecule has 0 aliphatic carbocycles. The Bertz CT molecular complexity index is 1420. The molecule has 0 aliphatic heterocycles. The van der Waals surface area contributed by atoms with Gasteiger partial charge in [0.25, 0.3) is 5.91 Å². The molecular formula is C23H15BrCl2N2O5S. The molecule has 0 atom stereocenters. The normalized spacial score (nSPS) is 11.4. The first-order valence-corrected chi connectivity index (χ1v) is 12.4. The second-order valence-electron chi connectivity index (χ2n) is 6.63. The monoisotopic (exact) mass is 580 g/mol. The van der Waals surface area contributed by atoms with E-state index in [0.717, 1.165) is 0 Å². The van der Waals surface area contributed by atoms with Crippen molar-refractivity contribution in [3.05, 3.63) is 86.3 Å². The molecule has 7 nitrogen and oxygen atoms in total. The lowest BCUT2D eigenvalue weighted by Gasteiger charge is -2.14. The molecule has 3 aromatic rings. The number of hydrogen-bond donors (Lipinski definition) is 1. The van der Waals surface area contributed by atoms with E-state index >= 15 is 0 Å². The van der Waals surface area contributed by atoms with Crippen LogP contribution in [-0.4, -0.2) is 21.4 Å². The minimum Gasteiger partial charge on any atom is -0.493 e. The molecule has 3 rings (SSSR count). The number of carbonyl (C=O) groups excluding carboxylic acids is 1. The first-order valence-electron chi connectivity index (χ1n) is 9.40. The predicted molar refractivity (Wildman–Crippen MR) is 134 cm³/mol. The number of benzene rings is 3. The zero-order valence-electron chi connectivity index (χ0n) is 17.4. The highest BCUT2D eigenvalue weighted by molar-refractivity contribution is 9.10. The summed E-state index contributed by atoms with van der Waals surface area (Å²) in [7, 11) is -2.87. The number of nitriles is 1. The van der Waals surface area contributed by atoms with Gasteiger partial charge >= 0.3 is 10.1 Å². The van der Waals surface area contributed by atoms with Crippen molar-refractivity contribution in [2.75, 3.05) is 12.4 Å². The van der Waals surface area contributed by atoms with Gasteiger partial charge in [-0.1, -0.05) is 35.3 Å². The van der Waals surface area contributed by atoms with E-state index in [9.17, 15) is 18.5 Å². The lowest BCUT2D eigenvalue weighted by molar-refractivity contribution is -0.112. The van der Waals surface area contributed by atoms with Crippen molar-refractivity contribution < 1.29 is 22.1 Å². The van der Waals surface area contributed by atoms with Gasteiger partial charge in [0.2, 0.25) is 0 Å². The van der Waals surface area contributed by atoms with Gasteiger partial charge < -0.3 is 14.2 Å². The highest BCUT2D eigenvalue weighted by Crippen LogP contribution is 2.39. The fourth-order valence-electron chi connectivity index (χ4n) is 2.73. The summed E-state index contributed by atoms with van der Waals surface area (Å²) < 4.78 is 36.1. The van der Waals surface area contributed by atoms with Crippen LogP contribution in [-0.2, 0) is 14.9 Å². The summed E-state index contributed by atoms with van der Waals surface area (Å²) in [4.78, 5) is 12.5. The van der Waals surface area contributed by atoms with Gasteiger partial charge in [-0.15, -0.1) is 0 Å². The van der Waals surface area contributed by atoms with Crippen molar-refractivity contribution in [1.29, 1.82) is 5.26 Å². The summed E-state index contributed by atoms with van der Waals surface area (Å²) in [5.74, 6) is -0.716. The van der Waals surface area contributed by atoms with Crippen molar-refractivity contribution in [1.82, 2.24) is 0 Å². The van der Waals surface area contributed by atoms with Crippen molar-refractivity contribution in [3.8, 4) is 17.6 Å². The molecule has 0 fully saturated rings. The van der Waals surface area contributed by atoms with Crippen LogP contribution in [0.25, 0.3) is 6.08 Å². The molecule has 3 aromatic carbocycles. The van der Waals surface area contributed by atoms with E-state index in [2.05, 4.69) is 21.2 Å². The molecule has 0 bridgehead atoms. The molecule has 0 aliphatic rings. The summed E-state index contributed by atoms with van der Waals surface area (Å²) >= 11 is 15.1. The summed E-state index contributed by atoms with van der Waals surface area (Å²) in [5, 5.41) is 12.8. The van der Waals surface area contributed by atoms with E-state index in [1.165, 1.54) is 49.6 Å². The van der Waals surface area contributed by atoms with Crippen LogP contribution in [0.3, 0.4) is 0 Å². The molecule has 1 N–H and O–H groups in total. The molecule has 11 heteroatoms. The molecule has 0 aromatic heterocycles. The molecule has 0 saturated carbocycles. The van der Waals surface area contributed by atoms with E-state index in [4.69, 9.17) is 32.1 Å². The molecule has 1 amide bonds. The third kappa shape index (κ3) is 6.10. The third-order valence-electron chi connectivity index (χ3n) is 4.35. The van der Waals surface area contributed by atoms with Crippen LogP contribution < -0.4 is 14.2 Å². The van der Waals surface area contributed by atoms with E-state index in [-0.39, 0.29) is 26.4 Å². The van der Waals surface area contributed by atoms with Crippen LogP contribution in [0.1, 0.15) is 5.56 Å². The topological polar surface area (TPSA) is 105 Å². The van der Waals surface area contributed by atoms with Gasteiger partial charge in [0.15, 0.2) is 11.5 Å². The molecule has 34 heavy (non-hydrogen) atoms. The van der Waals surface area contributed by atoms with Gasteiger partial charge in [-0.25, -0.2) is 0 Å². The van der Waals surface area contributed by atoms with E-state index < -0.39 is 16.0 Å². The number of methoxy groups -OCH3 is 1. The quantitative estimate of drug-likeness (QED) is 0.206. The summed E-state index contributed by atoms with van der Waals surface area (Å²) in [5.41, 5.74) is 0.521. The van der Waals surface area contributed by atoms with Crippen LogP contribution in [0.4, 0.5) is 5.69 Å². The van der Waals surface area contributed by atoms with E-state index in [0.29, 0.717) is 21.3 Å². The Morgan fingerprint density at radius 2 is 1.79 bits per heavy atom. The lowest BCUT2D eigenvalue weighted by atomic mass is 10.1. The number of rotatable bonds is 7. The minimum atomic E-state index is -4.19. The largest absolute Gasteiger partial charge is 0.493 e. The van der Waals surface area contributed by atoms with Crippen LogP contribution in [0.2, 0.25) is 10.0 Å². The summed E-state index contributed by atoms with van der Waals surface area (Å²) in [6.45, 7) is 0. The van der Waals surface area contributed by atoms with Crippen LogP contribution in [0.15, 0.2) is 75.6 Å². The Kier molecular flexibility index (Phi) is 8.23. The van der Waals surface area contributed by atoms with Gasteiger partial charge in [0.1, 0.15) is 16.5 Å². The molecule has 0 saturated heterocycles. The number of carbonyl (C=O) groups is 1. The number of para-hydroxylation sites is 1. The second kappa shape index (κ2) is 10.9. The predicted octanol–water partition coefficient (Wildman–Crippen LogP) is 6.08. The van der Waals surface area contributed by atoms with Gasteiger partial charge in [-0.05, 0) is 76.1 Å².